The first-order valence-electron chi connectivity index (χ1n) is 8.03. The molecule has 0 aliphatic carbocycles. The van der Waals surface area contributed by atoms with Gasteiger partial charge in [0.2, 0.25) is 0 Å². The van der Waals surface area contributed by atoms with Crippen LogP contribution in [0.4, 0.5) is 0 Å². The van der Waals surface area contributed by atoms with Crippen molar-refractivity contribution in [2.45, 2.75) is 13.0 Å². The Balaban J connectivity index is 0.00000169. The summed E-state index contributed by atoms with van der Waals surface area (Å²) in [5.41, 5.74) is 1.15. The molecule has 2 aromatic rings. The number of esters is 1. The van der Waals surface area contributed by atoms with Gasteiger partial charge < -0.3 is 14.8 Å². The minimum atomic E-state index is -0.349. The van der Waals surface area contributed by atoms with Crippen LogP contribution in [0.3, 0.4) is 0 Å². The summed E-state index contributed by atoms with van der Waals surface area (Å²) in [5, 5.41) is 5.51. The molecule has 1 atom stereocenters. The summed E-state index contributed by atoms with van der Waals surface area (Å²) < 4.78 is 10.7. The smallest absolute Gasteiger partial charge is 0.308 e. The van der Waals surface area contributed by atoms with E-state index >= 15 is 0 Å². The molecule has 5 nitrogen and oxygen atoms in total. The van der Waals surface area contributed by atoms with Crippen molar-refractivity contribution in [1.82, 2.24) is 10.2 Å². The van der Waals surface area contributed by atoms with Crippen LogP contribution in [0.15, 0.2) is 35.7 Å². The van der Waals surface area contributed by atoms with Crippen LogP contribution in [-0.2, 0) is 4.79 Å². The monoisotopic (exact) mass is 418 g/mol. The van der Waals surface area contributed by atoms with Crippen molar-refractivity contribution in [2.75, 3.05) is 33.3 Å². The lowest BCUT2D eigenvalue weighted by molar-refractivity contribution is -0.132. The van der Waals surface area contributed by atoms with Gasteiger partial charge in [0.15, 0.2) is 11.5 Å². The van der Waals surface area contributed by atoms with Crippen LogP contribution >= 0.6 is 36.2 Å². The fourth-order valence-electron chi connectivity index (χ4n) is 3.04. The van der Waals surface area contributed by atoms with E-state index in [0.717, 1.165) is 31.7 Å². The molecule has 1 fully saturated rings. The Labute approximate surface area is 170 Å². The van der Waals surface area contributed by atoms with Crippen LogP contribution in [0.5, 0.6) is 11.5 Å². The van der Waals surface area contributed by atoms with E-state index in [0.29, 0.717) is 11.5 Å². The Morgan fingerprint density at radius 1 is 1.19 bits per heavy atom. The summed E-state index contributed by atoms with van der Waals surface area (Å²) in [6.45, 7) is 5.37. The molecular formula is C18H24Cl2N2O3S. The van der Waals surface area contributed by atoms with Crippen molar-refractivity contribution >= 4 is 42.1 Å². The second-order valence-electron chi connectivity index (χ2n) is 5.71. The van der Waals surface area contributed by atoms with Gasteiger partial charge >= 0.3 is 5.97 Å². The molecule has 0 saturated carbocycles. The number of nitrogens with zero attached hydrogens (tertiary/aromatic N) is 1. The average molecular weight is 419 g/mol. The van der Waals surface area contributed by atoms with E-state index in [-0.39, 0.29) is 36.8 Å². The minimum Gasteiger partial charge on any atom is -0.493 e. The molecule has 0 spiro atoms. The van der Waals surface area contributed by atoms with Crippen LogP contribution in [0.1, 0.15) is 23.4 Å². The largest absolute Gasteiger partial charge is 0.493 e. The number of methoxy groups -OCH3 is 1. The van der Waals surface area contributed by atoms with E-state index in [4.69, 9.17) is 9.47 Å². The van der Waals surface area contributed by atoms with Crippen molar-refractivity contribution in [1.29, 1.82) is 0 Å². The predicted octanol–water partition coefficient (Wildman–Crippen LogP) is 3.52. The van der Waals surface area contributed by atoms with Crippen LogP contribution in [0, 0.1) is 0 Å². The lowest BCUT2D eigenvalue weighted by atomic mass is 10.0. The first-order chi connectivity index (χ1) is 11.7. The number of rotatable bonds is 5. The van der Waals surface area contributed by atoms with Gasteiger partial charge in [0.25, 0.3) is 0 Å². The van der Waals surface area contributed by atoms with Gasteiger partial charge in [-0.25, -0.2) is 0 Å². The molecule has 1 aromatic heterocycles. The number of piperazine rings is 1. The topological polar surface area (TPSA) is 50.8 Å². The fraction of sp³-hybridized carbons (Fsp3) is 0.389. The van der Waals surface area contributed by atoms with Gasteiger partial charge in [-0.2, -0.15) is 0 Å². The lowest BCUT2D eigenvalue weighted by Crippen LogP contribution is -2.45. The third kappa shape index (κ3) is 5.34. The third-order valence-electron chi connectivity index (χ3n) is 4.09. The van der Waals surface area contributed by atoms with Crippen molar-refractivity contribution in [3.05, 3.63) is 46.2 Å². The molecule has 8 heteroatoms. The number of thiophene rings is 1. The van der Waals surface area contributed by atoms with E-state index < -0.39 is 0 Å². The van der Waals surface area contributed by atoms with Gasteiger partial charge in [0, 0.05) is 38.0 Å². The summed E-state index contributed by atoms with van der Waals surface area (Å²) in [7, 11) is 1.59. The molecule has 2 heterocycles. The molecule has 1 saturated heterocycles. The van der Waals surface area contributed by atoms with E-state index in [2.05, 4.69) is 27.7 Å². The first-order valence-corrected chi connectivity index (χ1v) is 8.91. The number of hydrogen-bond donors (Lipinski definition) is 1. The van der Waals surface area contributed by atoms with E-state index in [1.807, 2.05) is 18.2 Å². The highest BCUT2D eigenvalue weighted by Crippen LogP contribution is 2.37. The maximum absolute atomic E-state index is 11.2. The highest BCUT2D eigenvalue weighted by Gasteiger charge is 2.25. The first kappa shape index (κ1) is 22.7. The minimum absolute atomic E-state index is 0. The second-order valence-corrected chi connectivity index (χ2v) is 6.69. The Morgan fingerprint density at radius 2 is 1.92 bits per heavy atom. The normalized spacial score (nSPS) is 15.3. The van der Waals surface area contributed by atoms with Gasteiger partial charge in [-0.3, -0.25) is 9.69 Å². The Kier molecular flexibility index (Phi) is 9.39. The summed E-state index contributed by atoms with van der Waals surface area (Å²) >= 11 is 1.76. The molecule has 1 N–H and O–H groups in total. The molecular weight excluding hydrogens is 395 g/mol. The summed E-state index contributed by atoms with van der Waals surface area (Å²) in [6, 6.07) is 10.3. The van der Waals surface area contributed by atoms with E-state index in [9.17, 15) is 4.79 Å². The van der Waals surface area contributed by atoms with Gasteiger partial charge in [-0.15, -0.1) is 36.2 Å². The molecule has 1 aliphatic rings. The molecule has 1 aliphatic heterocycles. The molecule has 0 radical (unpaired) electrons. The molecule has 26 heavy (non-hydrogen) atoms. The number of hydrogen-bond acceptors (Lipinski definition) is 6. The highest BCUT2D eigenvalue weighted by molar-refractivity contribution is 7.10. The van der Waals surface area contributed by atoms with Crippen LogP contribution < -0.4 is 14.8 Å². The number of benzene rings is 1. The van der Waals surface area contributed by atoms with E-state index in [1.54, 1.807) is 18.4 Å². The van der Waals surface area contributed by atoms with Gasteiger partial charge in [-0.1, -0.05) is 12.1 Å². The van der Waals surface area contributed by atoms with Crippen LogP contribution in [0.2, 0.25) is 0 Å². The number of halogens is 2. The third-order valence-corrected chi connectivity index (χ3v) is 5.01. The summed E-state index contributed by atoms with van der Waals surface area (Å²) in [5.74, 6) is 0.691. The Hall–Kier alpha value is -1.31. The predicted molar refractivity (Wildman–Crippen MR) is 109 cm³/mol. The number of ether oxygens (including phenoxy) is 2. The van der Waals surface area contributed by atoms with Crippen molar-refractivity contribution in [3.63, 3.8) is 0 Å². The number of nitrogens with one attached hydrogen (secondary N) is 1. The van der Waals surface area contributed by atoms with Crippen molar-refractivity contribution in [2.24, 2.45) is 0 Å². The van der Waals surface area contributed by atoms with Crippen molar-refractivity contribution < 1.29 is 14.3 Å². The quantitative estimate of drug-likeness (QED) is 0.594. The zero-order chi connectivity index (χ0) is 16.9. The van der Waals surface area contributed by atoms with Crippen LogP contribution in [-0.4, -0.2) is 44.2 Å². The van der Waals surface area contributed by atoms with Gasteiger partial charge in [0.1, 0.15) is 0 Å². The molecule has 1 aromatic carbocycles. The standard InChI is InChI=1S/C18H22N2O3S.2ClH/c1-13(21)23-15-6-5-14(12-16(15)22-2)18(17-4-3-11-24-17)20-9-7-19-8-10-20;;/h3-6,11-12,18-19H,7-10H2,1-2H3;2*1H/t18-;;/m0../s1. The highest BCUT2D eigenvalue weighted by atomic mass is 35.5. The zero-order valence-electron chi connectivity index (χ0n) is 14.8. The van der Waals surface area contributed by atoms with E-state index in [1.165, 1.54) is 11.8 Å². The van der Waals surface area contributed by atoms with Gasteiger partial charge in [-0.05, 0) is 29.1 Å². The molecule has 0 amide bonds. The summed E-state index contributed by atoms with van der Waals surface area (Å²) in [4.78, 5) is 15.0. The molecule has 0 bridgehead atoms. The van der Waals surface area contributed by atoms with Gasteiger partial charge in [0.05, 0.1) is 13.2 Å². The maximum Gasteiger partial charge on any atom is 0.308 e. The SMILES string of the molecule is COc1cc([C@@H](c2cccs2)N2CCNCC2)ccc1OC(C)=O.Cl.Cl. The Morgan fingerprint density at radius 3 is 2.50 bits per heavy atom. The zero-order valence-corrected chi connectivity index (χ0v) is 17.2. The summed E-state index contributed by atoms with van der Waals surface area (Å²) in [6.07, 6.45) is 0. The second kappa shape index (κ2) is 10.7. The molecule has 3 rings (SSSR count). The average Bonchev–Trinajstić information content (AvgIpc) is 3.11. The van der Waals surface area contributed by atoms with Crippen molar-refractivity contribution in [3.8, 4) is 11.5 Å². The molecule has 144 valence electrons. The number of carbonyl (C=O) groups excluding carboxylic acids is 1. The van der Waals surface area contributed by atoms with Crippen LogP contribution in [0.25, 0.3) is 0 Å². The lowest BCUT2D eigenvalue weighted by Gasteiger charge is -2.35. The Bertz CT molecular complexity index is 692. The molecule has 0 unspecified atom stereocenters. The fourth-order valence-corrected chi connectivity index (χ4v) is 3.92. The number of carbonyl (C=O) groups is 1. The maximum atomic E-state index is 11.2.